The molecular formula is C5H10O2S. The zero-order chi connectivity index (χ0) is 6.41. The third kappa shape index (κ3) is 5.98. The third-order valence-corrected chi connectivity index (χ3v) is 1.52. The summed E-state index contributed by atoms with van der Waals surface area (Å²) in [6.45, 7) is 1.57. The van der Waals surface area contributed by atoms with E-state index in [-0.39, 0.29) is 5.78 Å². The summed E-state index contributed by atoms with van der Waals surface area (Å²) in [5.74, 6) is 1.38. The van der Waals surface area contributed by atoms with E-state index in [0.717, 1.165) is 0 Å². The Labute approximate surface area is 53.6 Å². The van der Waals surface area contributed by atoms with Gasteiger partial charge in [0.15, 0.2) is 0 Å². The molecule has 3 heteroatoms. The molecule has 2 nitrogen and oxygen atoms in total. The molecule has 48 valence electrons. The van der Waals surface area contributed by atoms with Crippen molar-refractivity contribution in [2.75, 3.05) is 18.8 Å². The Balaban J connectivity index is 2.82. The average molecular weight is 134 g/mol. The zero-order valence-corrected chi connectivity index (χ0v) is 5.96. The summed E-state index contributed by atoms with van der Waals surface area (Å²) in [7, 11) is 1.62. The standard InChI is InChI=1S/C5H10O2S/c1-5(6)3-8-4-7-2/h3-4H2,1-2H3. The van der Waals surface area contributed by atoms with Crippen molar-refractivity contribution in [3.05, 3.63) is 0 Å². The fraction of sp³-hybridized carbons (Fsp3) is 0.800. The van der Waals surface area contributed by atoms with E-state index in [1.165, 1.54) is 11.8 Å². The van der Waals surface area contributed by atoms with Gasteiger partial charge in [0, 0.05) is 7.11 Å². The van der Waals surface area contributed by atoms with E-state index in [1.807, 2.05) is 0 Å². The van der Waals surface area contributed by atoms with E-state index in [1.54, 1.807) is 14.0 Å². The molecule has 0 bridgehead atoms. The summed E-state index contributed by atoms with van der Waals surface area (Å²) < 4.78 is 4.70. The normalized spacial score (nSPS) is 9.25. The van der Waals surface area contributed by atoms with Crippen LogP contribution in [0.15, 0.2) is 0 Å². The molecule has 0 aromatic carbocycles. The number of methoxy groups -OCH3 is 1. The molecular weight excluding hydrogens is 124 g/mol. The Kier molecular flexibility index (Phi) is 5.11. The summed E-state index contributed by atoms with van der Waals surface area (Å²) in [6, 6.07) is 0. The van der Waals surface area contributed by atoms with Gasteiger partial charge >= 0.3 is 0 Å². The van der Waals surface area contributed by atoms with Crippen molar-refractivity contribution in [1.82, 2.24) is 0 Å². The molecule has 0 heterocycles. The molecule has 0 aromatic heterocycles. The first-order chi connectivity index (χ1) is 3.77. The van der Waals surface area contributed by atoms with Crippen molar-refractivity contribution in [3.8, 4) is 0 Å². The lowest BCUT2D eigenvalue weighted by molar-refractivity contribution is -0.114. The first-order valence-corrected chi connectivity index (χ1v) is 3.49. The van der Waals surface area contributed by atoms with Crippen molar-refractivity contribution < 1.29 is 9.53 Å². The van der Waals surface area contributed by atoms with E-state index in [2.05, 4.69) is 0 Å². The van der Waals surface area contributed by atoms with Crippen LogP contribution in [0.4, 0.5) is 0 Å². The number of carbonyl (C=O) groups is 1. The minimum absolute atomic E-state index is 0.201. The molecule has 0 saturated heterocycles. The van der Waals surface area contributed by atoms with Gasteiger partial charge in [-0.3, -0.25) is 4.79 Å². The van der Waals surface area contributed by atoms with Crippen LogP contribution in [0.25, 0.3) is 0 Å². The minimum Gasteiger partial charge on any atom is -0.374 e. The van der Waals surface area contributed by atoms with Gasteiger partial charge in [-0.1, -0.05) is 0 Å². The molecule has 0 amide bonds. The number of carbonyl (C=O) groups excluding carboxylic acids is 1. The largest absolute Gasteiger partial charge is 0.374 e. The highest BCUT2D eigenvalue weighted by molar-refractivity contribution is 7.99. The molecule has 0 aliphatic rings. The molecule has 0 unspecified atom stereocenters. The van der Waals surface area contributed by atoms with Crippen molar-refractivity contribution in [2.24, 2.45) is 0 Å². The zero-order valence-electron chi connectivity index (χ0n) is 5.14. The van der Waals surface area contributed by atoms with E-state index in [9.17, 15) is 4.79 Å². The molecule has 0 aromatic rings. The van der Waals surface area contributed by atoms with Crippen molar-refractivity contribution in [1.29, 1.82) is 0 Å². The molecule has 0 atom stereocenters. The van der Waals surface area contributed by atoms with E-state index < -0.39 is 0 Å². The lowest BCUT2D eigenvalue weighted by Gasteiger charge is -1.92. The van der Waals surface area contributed by atoms with Crippen LogP contribution < -0.4 is 0 Å². The molecule has 0 fully saturated rings. The van der Waals surface area contributed by atoms with Gasteiger partial charge in [0.05, 0.1) is 11.7 Å². The summed E-state index contributed by atoms with van der Waals surface area (Å²) in [4.78, 5) is 10.2. The maximum Gasteiger partial charge on any atom is 0.139 e. The molecule has 8 heavy (non-hydrogen) atoms. The summed E-state index contributed by atoms with van der Waals surface area (Å²) >= 11 is 1.49. The van der Waals surface area contributed by atoms with E-state index >= 15 is 0 Å². The second kappa shape index (κ2) is 5.12. The average Bonchev–Trinajstić information content (AvgIpc) is 1.66. The van der Waals surface area contributed by atoms with Gasteiger partial charge in [-0.05, 0) is 6.92 Å². The van der Waals surface area contributed by atoms with Crippen LogP contribution in [0.1, 0.15) is 6.92 Å². The van der Waals surface area contributed by atoms with Gasteiger partial charge in [0.25, 0.3) is 0 Å². The SMILES string of the molecule is COCSCC(C)=O. The van der Waals surface area contributed by atoms with Crippen LogP contribution in [0, 0.1) is 0 Å². The van der Waals surface area contributed by atoms with E-state index in [0.29, 0.717) is 11.7 Å². The van der Waals surface area contributed by atoms with Gasteiger partial charge in [-0.15, -0.1) is 11.8 Å². The fourth-order valence-electron chi connectivity index (χ4n) is 0.269. The summed E-state index contributed by atoms with van der Waals surface area (Å²) in [6.07, 6.45) is 0. The maximum absolute atomic E-state index is 10.2. The molecule has 0 aliphatic heterocycles. The van der Waals surface area contributed by atoms with Gasteiger partial charge < -0.3 is 4.74 Å². The molecule has 0 aliphatic carbocycles. The number of hydrogen-bond acceptors (Lipinski definition) is 3. The Morgan fingerprint density at radius 3 is 2.75 bits per heavy atom. The second-order valence-electron chi connectivity index (χ2n) is 1.46. The fourth-order valence-corrected chi connectivity index (χ4v) is 0.806. The van der Waals surface area contributed by atoms with Crippen LogP contribution in [0.5, 0.6) is 0 Å². The van der Waals surface area contributed by atoms with Gasteiger partial charge in [0.1, 0.15) is 5.78 Å². The van der Waals surface area contributed by atoms with Crippen LogP contribution >= 0.6 is 11.8 Å². The van der Waals surface area contributed by atoms with Crippen molar-refractivity contribution in [3.63, 3.8) is 0 Å². The Bertz CT molecular complexity index is 72.8. The van der Waals surface area contributed by atoms with Crippen LogP contribution in [0.3, 0.4) is 0 Å². The Hall–Kier alpha value is -0.0200. The maximum atomic E-state index is 10.2. The van der Waals surface area contributed by atoms with Crippen molar-refractivity contribution in [2.45, 2.75) is 6.92 Å². The molecule has 0 spiro atoms. The van der Waals surface area contributed by atoms with Crippen LogP contribution in [-0.2, 0) is 9.53 Å². The summed E-state index contributed by atoms with van der Waals surface area (Å²) in [5.41, 5.74) is 0. The predicted octanol–water partition coefficient (Wildman–Crippen LogP) is 0.913. The molecule has 0 saturated carbocycles. The molecule has 0 radical (unpaired) electrons. The number of hydrogen-bond donors (Lipinski definition) is 0. The Morgan fingerprint density at radius 1 is 1.75 bits per heavy atom. The number of ketones is 1. The van der Waals surface area contributed by atoms with Gasteiger partial charge in [-0.25, -0.2) is 0 Å². The molecule has 0 N–H and O–H groups in total. The quantitative estimate of drug-likeness (QED) is 0.422. The highest BCUT2D eigenvalue weighted by atomic mass is 32.2. The number of rotatable bonds is 4. The second-order valence-corrected chi connectivity index (χ2v) is 2.39. The number of Topliss-reactive ketones (excluding diaryl/α,β-unsaturated/α-hetero) is 1. The van der Waals surface area contributed by atoms with Crippen LogP contribution in [0.2, 0.25) is 0 Å². The predicted molar refractivity (Wildman–Crippen MR) is 35.0 cm³/mol. The number of ether oxygens (including phenoxy) is 1. The van der Waals surface area contributed by atoms with Gasteiger partial charge in [0.2, 0.25) is 0 Å². The number of thioether (sulfide) groups is 1. The molecule has 0 rings (SSSR count). The first kappa shape index (κ1) is 7.98. The lowest BCUT2D eigenvalue weighted by Crippen LogP contribution is -1.94. The van der Waals surface area contributed by atoms with Gasteiger partial charge in [-0.2, -0.15) is 0 Å². The summed E-state index contributed by atoms with van der Waals surface area (Å²) in [5, 5.41) is 0. The Morgan fingerprint density at radius 2 is 2.38 bits per heavy atom. The van der Waals surface area contributed by atoms with E-state index in [4.69, 9.17) is 4.74 Å². The smallest absolute Gasteiger partial charge is 0.139 e. The highest BCUT2D eigenvalue weighted by Crippen LogP contribution is 1.97. The van der Waals surface area contributed by atoms with Crippen molar-refractivity contribution >= 4 is 17.5 Å². The van der Waals surface area contributed by atoms with Crippen LogP contribution in [-0.4, -0.2) is 24.6 Å². The monoisotopic (exact) mass is 134 g/mol. The lowest BCUT2D eigenvalue weighted by atomic mass is 10.5. The topological polar surface area (TPSA) is 26.3 Å². The highest BCUT2D eigenvalue weighted by Gasteiger charge is 1.90. The third-order valence-electron chi connectivity index (χ3n) is 0.507. The minimum atomic E-state index is 0.201. The first-order valence-electron chi connectivity index (χ1n) is 2.33.